The third-order valence-electron chi connectivity index (χ3n) is 7.79. The van der Waals surface area contributed by atoms with Crippen molar-refractivity contribution in [3.63, 3.8) is 0 Å². The molecule has 19 nitrogen and oxygen atoms in total. The van der Waals surface area contributed by atoms with Crippen LogP contribution in [0.2, 0.25) is 0 Å². The molecule has 0 bridgehead atoms. The monoisotopic (exact) mass is 722 g/mol. The van der Waals surface area contributed by atoms with Crippen LogP contribution >= 0.6 is 0 Å². The number of hydrogen-bond acceptors (Lipinski definition) is 19. The SMILES string of the molecule is CC(=O)O[C@@H]1[C@@H](OC(C)=O)[C@H](OC[C@H]2O[C@@H](Oc3c(-c4ccc(O)c(O)c4)oc4cc(O)cc(O)c4c3=O)[C@H](O)[C@@H](O)[C@H]2O)OC[C@@H]1OC(C)=O. The molecule has 3 aromatic rings. The number of carbonyl (C=O) groups excluding carboxylic acids is 3. The third-order valence-corrected chi connectivity index (χ3v) is 7.79. The van der Waals surface area contributed by atoms with Crippen molar-refractivity contribution in [3.05, 3.63) is 40.6 Å². The molecule has 2 fully saturated rings. The van der Waals surface area contributed by atoms with E-state index in [1.807, 2.05) is 0 Å². The van der Waals surface area contributed by atoms with Crippen LogP contribution in [-0.4, -0.2) is 122 Å². The maximum atomic E-state index is 13.7. The highest BCUT2D eigenvalue weighted by Gasteiger charge is 2.50. The number of carbonyl (C=O) groups is 3. The van der Waals surface area contributed by atoms with E-state index >= 15 is 0 Å². The van der Waals surface area contributed by atoms with Gasteiger partial charge in [0, 0.05) is 38.5 Å². The first kappa shape index (κ1) is 37.1. The predicted molar refractivity (Wildman–Crippen MR) is 164 cm³/mol. The minimum atomic E-state index is -2.03. The zero-order valence-electron chi connectivity index (χ0n) is 27.0. The molecule has 9 atom stereocenters. The number of aliphatic hydroxyl groups excluding tert-OH is 3. The zero-order valence-corrected chi connectivity index (χ0v) is 27.0. The van der Waals surface area contributed by atoms with E-state index in [9.17, 15) is 54.9 Å². The summed E-state index contributed by atoms with van der Waals surface area (Å²) in [5.41, 5.74) is -1.44. The first-order valence-electron chi connectivity index (χ1n) is 15.2. The lowest BCUT2D eigenvalue weighted by Gasteiger charge is -2.42. The number of phenols is 4. The van der Waals surface area contributed by atoms with Gasteiger partial charge in [0.15, 0.2) is 41.9 Å². The molecular formula is C32H34O19. The van der Waals surface area contributed by atoms with Gasteiger partial charge in [-0.3, -0.25) is 19.2 Å². The van der Waals surface area contributed by atoms with Gasteiger partial charge in [0.1, 0.15) is 46.9 Å². The van der Waals surface area contributed by atoms with Crippen molar-refractivity contribution in [3.8, 4) is 40.1 Å². The topological polar surface area (TPSA) is 288 Å². The van der Waals surface area contributed by atoms with Crippen LogP contribution in [-0.2, 0) is 42.8 Å². The maximum absolute atomic E-state index is 13.7. The Hall–Kier alpha value is -5.18. The van der Waals surface area contributed by atoms with Crippen molar-refractivity contribution in [1.82, 2.24) is 0 Å². The molecule has 5 rings (SSSR count). The Morgan fingerprint density at radius 2 is 1.45 bits per heavy atom. The van der Waals surface area contributed by atoms with Crippen LogP contribution < -0.4 is 10.2 Å². The highest BCUT2D eigenvalue weighted by atomic mass is 16.7. The van der Waals surface area contributed by atoms with Crippen LogP contribution in [0.25, 0.3) is 22.3 Å². The van der Waals surface area contributed by atoms with Crippen LogP contribution in [0, 0.1) is 0 Å². The molecule has 19 heteroatoms. The minimum absolute atomic E-state index is 0.0618. The first-order valence-corrected chi connectivity index (χ1v) is 15.2. The van der Waals surface area contributed by atoms with Gasteiger partial charge in [0.25, 0.3) is 0 Å². The van der Waals surface area contributed by atoms with Crippen molar-refractivity contribution < 1.29 is 87.7 Å². The summed E-state index contributed by atoms with van der Waals surface area (Å²) in [5.74, 6) is -5.92. The Balaban J connectivity index is 1.45. The number of aromatic hydroxyl groups is 4. The van der Waals surface area contributed by atoms with Crippen molar-refractivity contribution in [1.29, 1.82) is 0 Å². The fourth-order valence-corrected chi connectivity index (χ4v) is 5.54. The van der Waals surface area contributed by atoms with Crippen LogP contribution in [0.4, 0.5) is 0 Å². The summed E-state index contributed by atoms with van der Waals surface area (Å²) >= 11 is 0. The fourth-order valence-electron chi connectivity index (χ4n) is 5.54. The molecule has 2 saturated heterocycles. The Morgan fingerprint density at radius 3 is 2.10 bits per heavy atom. The number of esters is 3. The van der Waals surface area contributed by atoms with E-state index in [0.717, 1.165) is 45.0 Å². The summed E-state index contributed by atoms with van der Waals surface area (Å²) in [6, 6.07) is 5.16. The number of ether oxygens (including phenoxy) is 7. The van der Waals surface area contributed by atoms with Crippen molar-refractivity contribution in [2.45, 2.75) is 76.1 Å². The Morgan fingerprint density at radius 1 is 0.784 bits per heavy atom. The van der Waals surface area contributed by atoms with E-state index in [2.05, 4.69) is 0 Å². The second kappa shape index (κ2) is 15.0. The normalized spacial score (nSPS) is 27.8. The Kier molecular flexibility index (Phi) is 10.9. The summed E-state index contributed by atoms with van der Waals surface area (Å²) in [5, 5.41) is 72.3. The molecule has 0 unspecified atom stereocenters. The summed E-state index contributed by atoms with van der Waals surface area (Å²) in [7, 11) is 0. The Labute approximate surface area is 286 Å². The highest BCUT2D eigenvalue weighted by molar-refractivity contribution is 5.88. The number of fused-ring (bicyclic) bond motifs is 1. The first-order chi connectivity index (χ1) is 24.0. The average Bonchev–Trinajstić information content (AvgIpc) is 3.04. The lowest BCUT2D eigenvalue weighted by atomic mass is 9.99. The van der Waals surface area contributed by atoms with E-state index in [0.29, 0.717) is 0 Å². The van der Waals surface area contributed by atoms with Gasteiger partial charge in [-0.25, -0.2) is 0 Å². The molecule has 0 aliphatic carbocycles. The number of rotatable bonds is 9. The summed E-state index contributed by atoms with van der Waals surface area (Å²) in [6.45, 7) is 2.14. The van der Waals surface area contributed by atoms with Crippen molar-refractivity contribution in [2.75, 3.05) is 13.2 Å². The molecule has 0 radical (unpaired) electrons. The molecule has 0 amide bonds. The zero-order chi connectivity index (χ0) is 37.3. The van der Waals surface area contributed by atoms with Crippen LogP contribution in [0.1, 0.15) is 20.8 Å². The summed E-state index contributed by atoms with van der Waals surface area (Å²) in [6.07, 6.45) is -15.0. The standard InChI is InChI=1S/C32H34O19/c1-11(33)46-21-10-45-32(30(48-13(3)35)28(21)47-12(2)34)44-9-20-23(40)25(42)26(43)31(50-20)51-29-24(41)22-18(39)7-15(36)8-19(22)49-27(29)14-4-5-16(37)17(38)6-14/h4-8,20-21,23,25-26,28,30-32,36-40,42-43H,9-10H2,1-3H3/t20-,21+,23+,25+,26-,28+,30-,31+,32-/m1/s1. The smallest absolute Gasteiger partial charge is 0.303 e. The van der Waals surface area contributed by atoms with E-state index < -0.39 is 125 Å². The average molecular weight is 723 g/mol. The van der Waals surface area contributed by atoms with Crippen LogP contribution in [0.15, 0.2) is 39.5 Å². The highest BCUT2D eigenvalue weighted by Crippen LogP contribution is 2.39. The molecule has 7 N–H and O–H groups in total. The van der Waals surface area contributed by atoms with Crippen LogP contribution in [0.5, 0.6) is 28.7 Å². The molecule has 0 saturated carbocycles. The summed E-state index contributed by atoms with van der Waals surface area (Å²) in [4.78, 5) is 49.2. The molecule has 0 spiro atoms. The molecule has 276 valence electrons. The molecule has 2 aromatic carbocycles. The summed E-state index contributed by atoms with van der Waals surface area (Å²) < 4.78 is 44.3. The van der Waals surface area contributed by atoms with E-state index in [-0.39, 0.29) is 17.8 Å². The second-order valence-corrected chi connectivity index (χ2v) is 11.6. The van der Waals surface area contributed by atoms with Crippen LogP contribution in [0.3, 0.4) is 0 Å². The second-order valence-electron chi connectivity index (χ2n) is 11.6. The lowest BCUT2D eigenvalue weighted by Crippen LogP contribution is -2.62. The van der Waals surface area contributed by atoms with E-state index in [1.54, 1.807) is 0 Å². The van der Waals surface area contributed by atoms with Gasteiger partial charge in [-0.1, -0.05) is 0 Å². The van der Waals surface area contributed by atoms with E-state index in [1.165, 1.54) is 6.07 Å². The molecule has 51 heavy (non-hydrogen) atoms. The van der Waals surface area contributed by atoms with Gasteiger partial charge < -0.3 is 73.3 Å². The lowest BCUT2D eigenvalue weighted by molar-refractivity contribution is -0.310. The van der Waals surface area contributed by atoms with Gasteiger partial charge in [-0.15, -0.1) is 0 Å². The number of benzene rings is 2. The van der Waals surface area contributed by atoms with Gasteiger partial charge in [0.05, 0.1) is 13.2 Å². The Bertz CT molecular complexity index is 1850. The largest absolute Gasteiger partial charge is 0.508 e. The van der Waals surface area contributed by atoms with Gasteiger partial charge in [-0.2, -0.15) is 0 Å². The predicted octanol–water partition coefficient (Wildman–Crippen LogP) is -0.363. The van der Waals surface area contributed by atoms with Crippen molar-refractivity contribution >= 4 is 28.9 Å². The maximum Gasteiger partial charge on any atom is 0.303 e. The molecule has 2 aliphatic heterocycles. The molecule has 2 aliphatic rings. The van der Waals surface area contributed by atoms with Crippen molar-refractivity contribution in [2.24, 2.45) is 0 Å². The fraction of sp³-hybridized carbons (Fsp3) is 0.438. The van der Waals surface area contributed by atoms with Gasteiger partial charge in [0.2, 0.25) is 17.5 Å². The molecule has 3 heterocycles. The quantitative estimate of drug-likeness (QED) is 0.0843. The van der Waals surface area contributed by atoms with Gasteiger partial charge >= 0.3 is 17.9 Å². The number of phenolic OH excluding ortho intramolecular Hbond substituents is 4. The molecule has 1 aromatic heterocycles. The third kappa shape index (κ3) is 7.93. The number of hydrogen-bond donors (Lipinski definition) is 7. The number of aliphatic hydroxyl groups is 3. The van der Waals surface area contributed by atoms with Gasteiger partial charge in [-0.05, 0) is 18.2 Å². The molecular weight excluding hydrogens is 688 g/mol. The minimum Gasteiger partial charge on any atom is -0.508 e. The van der Waals surface area contributed by atoms with E-state index in [4.69, 9.17) is 37.6 Å².